The van der Waals surface area contributed by atoms with Gasteiger partial charge < -0.3 is 14.6 Å². The predicted octanol–water partition coefficient (Wildman–Crippen LogP) is 3.34. The Morgan fingerprint density at radius 1 is 1.13 bits per heavy atom. The second kappa shape index (κ2) is 10.9. The summed E-state index contributed by atoms with van der Waals surface area (Å²) in [5, 5.41) is 12.4. The molecule has 2 aromatic rings. The molecule has 4 rings (SSSR count). The van der Waals surface area contributed by atoms with E-state index in [0.29, 0.717) is 18.7 Å². The summed E-state index contributed by atoms with van der Waals surface area (Å²) in [4.78, 5) is 31.2. The number of carbonyl (C=O) groups is 2. The third-order valence-electron chi connectivity index (χ3n) is 6.92. The van der Waals surface area contributed by atoms with Crippen molar-refractivity contribution in [2.24, 2.45) is 5.41 Å². The first-order valence-electron chi connectivity index (χ1n) is 12.3. The molecule has 1 aromatic heterocycles. The monoisotopic (exact) mass is 568 g/mol. The van der Waals surface area contributed by atoms with Gasteiger partial charge in [-0.1, -0.05) is 6.07 Å². The van der Waals surface area contributed by atoms with Gasteiger partial charge in [-0.3, -0.25) is 9.59 Å². The van der Waals surface area contributed by atoms with Gasteiger partial charge in [-0.25, -0.2) is 4.72 Å². The number of nitrogens with one attached hydrogen (secondary N) is 2. The van der Waals surface area contributed by atoms with Crippen LogP contribution in [-0.2, 0) is 21.2 Å². The number of oxazole rings is 1. The third kappa shape index (κ3) is 6.17. The number of alkyl halides is 3. The number of halogens is 3. The number of amides is 2. The van der Waals surface area contributed by atoms with Crippen LogP contribution in [0.15, 0.2) is 28.9 Å². The number of anilines is 2. The number of nitrogens with zero attached hydrogens (tertiary/aromatic N) is 4. The van der Waals surface area contributed by atoms with Crippen LogP contribution in [0.1, 0.15) is 53.7 Å². The van der Waals surface area contributed by atoms with Crippen LogP contribution in [0.2, 0.25) is 0 Å². The number of carbonyl (C=O) groups excluding carboxylic acids is 2. The van der Waals surface area contributed by atoms with Crippen LogP contribution in [0.25, 0.3) is 0 Å². The lowest BCUT2D eigenvalue weighted by Crippen LogP contribution is -2.45. The summed E-state index contributed by atoms with van der Waals surface area (Å²) in [6.07, 6.45) is -1.54. The zero-order chi connectivity index (χ0) is 28.4. The van der Waals surface area contributed by atoms with Gasteiger partial charge in [-0.05, 0) is 56.7 Å². The van der Waals surface area contributed by atoms with Gasteiger partial charge in [0.2, 0.25) is 5.91 Å². The molecule has 11 nitrogen and oxygen atoms in total. The highest BCUT2D eigenvalue weighted by Crippen LogP contribution is 2.35. The normalized spacial score (nSPS) is 20.7. The minimum Gasteiger partial charge on any atom is -0.431 e. The average molecular weight is 569 g/mol. The Hall–Kier alpha value is -3.64. The van der Waals surface area contributed by atoms with Crippen LogP contribution in [0, 0.1) is 23.7 Å². The molecule has 1 unspecified atom stereocenters. The molecular weight excluding hydrogens is 541 g/mol. The molecule has 2 fully saturated rings. The van der Waals surface area contributed by atoms with Crippen molar-refractivity contribution in [2.45, 2.75) is 45.2 Å². The molecule has 1 aromatic carbocycles. The Kier molecular flexibility index (Phi) is 7.89. The van der Waals surface area contributed by atoms with E-state index in [9.17, 15) is 36.4 Å². The molecule has 210 valence electrons. The average Bonchev–Trinajstić information content (AvgIpc) is 3.52. The van der Waals surface area contributed by atoms with E-state index in [2.05, 4.69) is 16.4 Å². The molecule has 0 aliphatic carbocycles. The van der Waals surface area contributed by atoms with Crippen molar-refractivity contribution < 1.29 is 35.6 Å². The minimum atomic E-state index is -4.57. The smallest absolute Gasteiger partial charge is 0.416 e. The highest BCUT2D eigenvalue weighted by Gasteiger charge is 2.44. The van der Waals surface area contributed by atoms with Crippen molar-refractivity contribution >= 4 is 33.7 Å². The van der Waals surface area contributed by atoms with Crippen LogP contribution >= 0.6 is 0 Å². The lowest BCUT2D eigenvalue weighted by Gasteiger charge is -2.29. The first-order valence-corrected chi connectivity index (χ1v) is 13.7. The second-order valence-electron chi connectivity index (χ2n) is 9.57. The maximum Gasteiger partial charge on any atom is 0.416 e. The summed E-state index contributed by atoms with van der Waals surface area (Å²) in [6, 6.07) is 4.85. The summed E-state index contributed by atoms with van der Waals surface area (Å²) in [5.74, 6) is -1.40. The highest BCUT2D eigenvalue weighted by atomic mass is 32.2. The van der Waals surface area contributed by atoms with Gasteiger partial charge in [0.1, 0.15) is 11.7 Å². The topological polar surface area (TPSA) is 149 Å². The van der Waals surface area contributed by atoms with Crippen LogP contribution in [0.4, 0.5) is 24.9 Å². The van der Waals surface area contributed by atoms with Crippen molar-refractivity contribution in [1.82, 2.24) is 18.9 Å². The summed E-state index contributed by atoms with van der Waals surface area (Å²) in [5.41, 5.74) is -2.15. The number of rotatable bonds is 6. The van der Waals surface area contributed by atoms with Gasteiger partial charge >= 0.3 is 16.4 Å². The Morgan fingerprint density at radius 3 is 2.51 bits per heavy atom. The van der Waals surface area contributed by atoms with Gasteiger partial charge in [-0.2, -0.15) is 36.1 Å². The molecule has 0 spiro atoms. The molecule has 15 heteroatoms. The van der Waals surface area contributed by atoms with Crippen LogP contribution in [0.3, 0.4) is 0 Å². The molecular formula is C24H27F3N6O5S. The number of likely N-dealkylation sites (tertiary alicyclic amines) is 1. The second-order valence-corrected chi connectivity index (χ2v) is 11.2. The first kappa shape index (κ1) is 28.4. The summed E-state index contributed by atoms with van der Waals surface area (Å²) in [7, 11) is -4.36. The van der Waals surface area contributed by atoms with E-state index in [0.717, 1.165) is 35.5 Å². The number of aromatic nitrogens is 1. The largest absolute Gasteiger partial charge is 0.431 e. The summed E-state index contributed by atoms with van der Waals surface area (Å²) < 4.78 is 73.1. The molecule has 0 saturated carbocycles. The van der Waals surface area contributed by atoms with Crippen LogP contribution in [0.5, 0.6) is 0 Å². The van der Waals surface area contributed by atoms with E-state index in [1.807, 2.05) is 4.72 Å². The van der Waals surface area contributed by atoms with Gasteiger partial charge in [0.05, 0.1) is 11.6 Å². The van der Waals surface area contributed by atoms with E-state index in [1.54, 1.807) is 11.8 Å². The fraction of sp³-hybridized carbons (Fsp3) is 0.500. The Bertz CT molecular complexity index is 1400. The molecule has 2 aliphatic heterocycles. The Labute approximate surface area is 223 Å². The Morgan fingerprint density at radius 2 is 1.85 bits per heavy atom. The zero-order valence-electron chi connectivity index (χ0n) is 21.0. The SMILES string of the molecule is Cc1ccc(C(F)(F)F)cc1Nc1nc(C(=O)NS(=O)(=O)N2CCCC(C#N)(C(=O)N3CCCC3)CC2)co1. The number of hydrogen-bond acceptors (Lipinski definition) is 8. The molecule has 2 amide bonds. The molecule has 0 radical (unpaired) electrons. The molecule has 0 bridgehead atoms. The maximum absolute atomic E-state index is 13.0. The van der Waals surface area contributed by atoms with E-state index >= 15 is 0 Å². The third-order valence-corrected chi connectivity index (χ3v) is 8.41. The molecule has 2 aliphatic rings. The van der Waals surface area contributed by atoms with Crippen LogP contribution < -0.4 is 10.0 Å². The zero-order valence-corrected chi connectivity index (χ0v) is 21.9. The van der Waals surface area contributed by atoms with Crippen LogP contribution in [-0.4, -0.2) is 60.6 Å². The van der Waals surface area contributed by atoms with E-state index < -0.39 is 39.0 Å². The molecule has 3 heterocycles. The van der Waals surface area contributed by atoms with Crippen molar-refractivity contribution in [3.63, 3.8) is 0 Å². The summed E-state index contributed by atoms with van der Waals surface area (Å²) >= 11 is 0. The lowest BCUT2D eigenvalue weighted by molar-refractivity contribution is -0.138. The van der Waals surface area contributed by atoms with Crippen molar-refractivity contribution in [2.75, 3.05) is 31.5 Å². The molecule has 2 saturated heterocycles. The Balaban J connectivity index is 1.42. The van der Waals surface area contributed by atoms with Crippen molar-refractivity contribution in [3.05, 3.63) is 41.3 Å². The standard InChI is InChI=1S/C24H27F3N6O5S/c1-16-5-6-17(24(25,26)27)13-18(16)29-22-30-19(14-38-22)20(34)31-39(36,37)33-11-4-7-23(15-28,8-12-33)21(35)32-9-2-3-10-32/h5-6,13-14H,2-4,7-12H2,1H3,(H,29,30)(H,31,34). The fourth-order valence-electron chi connectivity index (χ4n) is 4.66. The quantitative estimate of drug-likeness (QED) is 0.539. The number of nitriles is 1. The number of benzene rings is 1. The van der Waals surface area contributed by atoms with E-state index in [4.69, 9.17) is 4.42 Å². The number of hydrogen-bond donors (Lipinski definition) is 2. The molecule has 1 atom stereocenters. The van der Waals surface area contributed by atoms with Gasteiger partial charge in [0, 0.05) is 31.9 Å². The van der Waals surface area contributed by atoms with E-state index in [1.165, 1.54) is 6.07 Å². The maximum atomic E-state index is 13.0. The van der Waals surface area contributed by atoms with Gasteiger partial charge in [0.25, 0.3) is 11.9 Å². The number of aryl methyl sites for hydroxylation is 1. The highest BCUT2D eigenvalue weighted by molar-refractivity contribution is 7.87. The van der Waals surface area contributed by atoms with E-state index in [-0.39, 0.29) is 50.0 Å². The fourth-order valence-corrected chi connectivity index (χ4v) is 5.83. The predicted molar refractivity (Wildman–Crippen MR) is 132 cm³/mol. The molecule has 2 N–H and O–H groups in total. The van der Waals surface area contributed by atoms with Crippen molar-refractivity contribution in [1.29, 1.82) is 5.26 Å². The van der Waals surface area contributed by atoms with Crippen molar-refractivity contribution in [3.8, 4) is 6.07 Å². The summed E-state index contributed by atoms with van der Waals surface area (Å²) in [6.45, 7) is 2.56. The lowest BCUT2D eigenvalue weighted by atomic mass is 9.81. The van der Waals surface area contributed by atoms with Gasteiger partial charge in [0.15, 0.2) is 5.69 Å². The first-order chi connectivity index (χ1) is 18.3. The van der Waals surface area contributed by atoms with Gasteiger partial charge in [-0.15, -0.1) is 0 Å². The minimum absolute atomic E-state index is 0.000231. The molecule has 39 heavy (non-hydrogen) atoms.